The van der Waals surface area contributed by atoms with Crippen LogP contribution in [0.3, 0.4) is 0 Å². The number of hydrogen-bond acceptors (Lipinski definition) is 6. The average Bonchev–Trinajstić information content (AvgIpc) is 3.41. The van der Waals surface area contributed by atoms with Crippen molar-refractivity contribution in [3.05, 3.63) is 89.9 Å². The van der Waals surface area contributed by atoms with Gasteiger partial charge in [0.15, 0.2) is 0 Å². The summed E-state index contributed by atoms with van der Waals surface area (Å²) in [7, 11) is 0. The van der Waals surface area contributed by atoms with Crippen LogP contribution >= 0.6 is 0 Å². The zero-order valence-corrected chi connectivity index (χ0v) is 21.9. The molecule has 0 spiro atoms. The molecule has 1 aliphatic rings. The molecule has 0 aliphatic carbocycles. The molecule has 3 aromatic rings. The number of para-hydroxylation sites is 1. The summed E-state index contributed by atoms with van der Waals surface area (Å²) in [4.78, 5) is 42.2. The first-order valence-corrected chi connectivity index (χ1v) is 12.1. The van der Waals surface area contributed by atoms with Gasteiger partial charge in [0.1, 0.15) is 28.4 Å². The minimum atomic E-state index is -1.57. The Labute approximate surface area is 216 Å². The highest BCUT2D eigenvalue weighted by Gasteiger charge is 2.60. The molecule has 1 aliphatic heterocycles. The van der Waals surface area contributed by atoms with E-state index >= 15 is 0 Å². The van der Waals surface area contributed by atoms with E-state index in [1.165, 1.54) is 6.26 Å². The van der Waals surface area contributed by atoms with Crippen molar-refractivity contribution in [3.8, 4) is 0 Å². The SMILES string of the molecule is CC(C)(C)OC(=O)N[C@@H](c1ccco1)C1(c2ccccc2)C(=O)N(C(=O)OC(C)(C)C)c2ccccc21. The summed E-state index contributed by atoms with van der Waals surface area (Å²) in [6.45, 7) is 10.5. The number of benzene rings is 2. The maximum Gasteiger partial charge on any atom is 0.421 e. The second-order valence-electron chi connectivity index (χ2n) is 10.9. The van der Waals surface area contributed by atoms with Crippen LogP contribution in [0, 0.1) is 0 Å². The number of furan rings is 1. The molecule has 0 bridgehead atoms. The third-order valence-corrected chi connectivity index (χ3v) is 5.84. The predicted octanol–water partition coefficient (Wildman–Crippen LogP) is 6.11. The van der Waals surface area contributed by atoms with Crippen LogP contribution in [0.4, 0.5) is 15.3 Å². The van der Waals surface area contributed by atoms with E-state index in [-0.39, 0.29) is 0 Å². The number of imide groups is 1. The van der Waals surface area contributed by atoms with Gasteiger partial charge in [-0.3, -0.25) is 4.79 Å². The second kappa shape index (κ2) is 9.42. The van der Waals surface area contributed by atoms with Crippen molar-refractivity contribution in [1.82, 2.24) is 5.32 Å². The third kappa shape index (κ3) is 4.96. The second-order valence-corrected chi connectivity index (χ2v) is 10.9. The lowest BCUT2D eigenvalue weighted by atomic mass is 9.69. The van der Waals surface area contributed by atoms with Crippen molar-refractivity contribution in [3.63, 3.8) is 0 Å². The molecular formula is C29H32N2O6. The van der Waals surface area contributed by atoms with E-state index in [9.17, 15) is 14.4 Å². The maximum atomic E-state index is 14.6. The molecule has 8 heteroatoms. The first-order chi connectivity index (χ1) is 17.3. The van der Waals surface area contributed by atoms with Crippen molar-refractivity contribution in [1.29, 1.82) is 0 Å². The van der Waals surface area contributed by atoms with Gasteiger partial charge in [-0.25, -0.2) is 14.5 Å². The number of anilines is 1. The summed E-state index contributed by atoms with van der Waals surface area (Å²) in [6, 6.07) is 18.3. The molecule has 1 unspecified atom stereocenters. The van der Waals surface area contributed by atoms with E-state index in [2.05, 4.69) is 5.32 Å². The van der Waals surface area contributed by atoms with E-state index in [4.69, 9.17) is 13.9 Å². The van der Waals surface area contributed by atoms with Crippen LogP contribution < -0.4 is 10.2 Å². The van der Waals surface area contributed by atoms with Crippen LogP contribution in [0.25, 0.3) is 0 Å². The first-order valence-electron chi connectivity index (χ1n) is 12.1. The molecule has 0 fully saturated rings. The minimum Gasteiger partial charge on any atom is -0.467 e. The Morgan fingerprint density at radius 2 is 1.49 bits per heavy atom. The summed E-state index contributed by atoms with van der Waals surface area (Å²) in [5.41, 5.74) is -1.72. The molecule has 37 heavy (non-hydrogen) atoms. The molecule has 194 valence electrons. The van der Waals surface area contributed by atoms with Gasteiger partial charge in [-0.1, -0.05) is 48.5 Å². The molecule has 3 amide bonds. The number of amides is 3. The number of ether oxygens (including phenoxy) is 2. The molecule has 0 saturated carbocycles. The number of hydrogen-bond donors (Lipinski definition) is 1. The lowest BCUT2D eigenvalue weighted by Gasteiger charge is -2.36. The van der Waals surface area contributed by atoms with Crippen LogP contribution in [-0.2, 0) is 19.7 Å². The lowest BCUT2D eigenvalue weighted by Crippen LogP contribution is -2.53. The van der Waals surface area contributed by atoms with E-state index in [1.54, 1.807) is 102 Å². The number of alkyl carbamates (subject to hydrolysis) is 1. The zero-order chi connectivity index (χ0) is 27.0. The van der Waals surface area contributed by atoms with Crippen LogP contribution in [0.5, 0.6) is 0 Å². The van der Waals surface area contributed by atoms with Gasteiger partial charge in [-0.15, -0.1) is 0 Å². The summed E-state index contributed by atoms with van der Waals surface area (Å²) in [6.07, 6.45) is -0.0715. The molecule has 0 saturated heterocycles. The van der Waals surface area contributed by atoms with Crippen molar-refractivity contribution in [2.75, 3.05) is 4.90 Å². The van der Waals surface area contributed by atoms with Gasteiger partial charge in [0.25, 0.3) is 5.91 Å². The van der Waals surface area contributed by atoms with Gasteiger partial charge in [0, 0.05) is 0 Å². The maximum absolute atomic E-state index is 14.6. The highest BCUT2D eigenvalue weighted by Crippen LogP contribution is 2.53. The Kier molecular flexibility index (Phi) is 6.62. The number of carbonyl (C=O) groups excluding carboxylic acids is 3. The normalized spacial score (nSPS) is 18.2. The van der Waals surface area contributed by atoms with E-state index in [1.807, 2.05) is 6.07 Å². The summed E-state index contributed by atoms with van der Waals surface area (Å²) in [5, 5.41) is 2.88. The number of carbonyl (C=O) groups is 3. The number of fused-ring (bicyclic) bond motifs is 1. The third-order valence-electron chi connectivity index (χ3n) is 5.84. The Balaban J connectivity index is 1.97. The standard InChI is InChI=1S/C29H32N2O6/c1-27(2,3)36-25(33)30-23(22-17-12-18-35-22)29(19-13-8-7-9-14-19)20-15-10-11-16-21(20)31(24(29)32)26(34)37-28(4,5)6/h7-18,23H,1-6H3,(H,30,33)/t23-,29?/m0/s1. The highest BCUT2D eigenvalue weighted by atomic mass is 16.6. The van der Waals surface area contributed by atoms with Gasteiger partial charge in [0.05, 0.1) is 12.0 Å². The van der Waals surface area contributed by atoms with Crippen LogP contribution in [0.2, 0.25) is 0 Å². The van der Waals surface area contributed by atoms with Crippen LogP contribution in [0.1, 0.15) is 64.5 Å². The van der Waals surface area contributed by atoms with Gasteiger partial charge in [0.2, 0.25) is 0 Å². The fourth-order valence-electron chi connectivity index (χ4n) is 4.59. The summed E-state index contributed by atoms with van der Waals surface area (Å²) < 4.78 is 17.0. The smallest absolute Gasteiger partial charge is 0.421 e. The Morgan fingerprint density at radius 3 is 2.08 bits per heavy atom. The topological polar surface area (TPSA) is 98.1 Å². The largest absolute Gasteiger partial charge is 0.467 e. The van der Waals surface area contributed by atoms with E-state index in [0.717, 1.165) is 4.90 Å². The highest BCUT2D eigenvalue weighted by molar-refractivity contribution is 6.23. The van der Waals surface area contributed by atoms with E-state index in [0.29, 0.717) is 22.6 Å². The number of nitrogens with one attached hydrogen (secondary N) is 1. The monoisotopic (exact) mass is 504 g/mol. The molecule has 2 atom stereocenters. The van der Waals surface area contributed by atoms with Crippen LogP contribution in [0.15, 0.2) is 77.4 Å². The van der Waals surface area contributed by atoms with Crippen LogP contribution in [-0.4, -0.2) is 29.3 Å². The molecule has 4 rings (SSSR count). The fourth-order valence-corrected chi connectivity index (χ4v) is 4.59. The molecule has 2 aromatic carbocycles. The van der Waals surface area contributed by atoms with Gasteiger partial charge >= 0.3 is 12.2 Å². The Bertz CT molecular complexity index is 1290. The number of rotatable bonds is 4. The quantitative estimate of drug-likeness (QED) is 0.460. The van der Waals surface area contributed by atoms with Crippen molar-refractivity contribution in [2.45, 2.75) is 64.2 Å². The average molecular weight is 505 g/mol. The minimum absolute atomic E-state index is 0.323. The predicted molar refractivity (Wildman–Crippen MR) is 138 cm³/mol. The summed E-state index contributed by atoms with van der Waals surface area (Å²) >= 11 is 0. The Morgan fingerprint density at radius 1 is 0.865 bits per heavy atom. The molecule has 1 N–H and O–H groups in total. The fraction of sp³-hybridized carbons (Fsp3) is 0.345. The number of nitrogens with zero attached hydrogens (tertiary/aromatic N) is 1. The molecule has 8 nitrogen and oxygen atoms in total. The molecule has 1 aromatic heterocycles. The van der Waals surface area contributed by atoms with Gasteiger partial charge in [-0.2, -0.15) is 0 Å². The molecular weight excluding hydrogens is 472 g/mol. The summed E-state index contributed by atoms with van der Waals surface area (Å²) in [5.74, 6) is -0.254. The lowest BCUT2D eigenvalue weighted by molar-refractivity contribution is -0.122. The first kappa shape index (κ1) is 26.0. The molecule has 0 radical (unpaired) electrons. The Hall–Kier alpha value is -4.07. The van der Waals surface area contributed by atoms with Crippen molar-refractivity contribution >= 4 is 23.8 Å². The van der Waals surface area contributed by atoms with Crippen molar-refractivity contribution < 1.29 is 28.3 Å². The van der Waals surface area contributed by atoms with E-state index < -0.39 is 40.8 Å². The van der Waals surface area contributed by atoms with Crippen molar-refractivity contribution in [2.24, 2.45) is 0 Å². The van der Waals surface area contributed by atoms with Gasteiger partial charge < -0.3 is 19.2 Å². The zero-order valence-electron chi connectivity index (χ0n) is 21.9. The molecule has 2 heterocycles. The van der Waals surface area contributed by atoms with Gasteiger partial charge in [-0.05, 0) is 70.9 Å².